The maximum absolute atomic E-state index is 13.2. The Morgan fingerprint density at radius 1 is 0.814 bits per heavy atom. The summed E-state index contributed by atoms with van der Waals surface area (Å²) in [4.78, 5) is 29.6. The van der Waals surface area contributed by atoms with E-state index in [0.29, 0.717) is 29.8 Å². The van der Waals surface area contributed by atoms with Crippen molar-refractivity contribution in [3.63, 3.8) is 0 Å². The van der Waals surface area contributed by atoms with E-state index < -0.39 is 12.0 Å². The predicted octanol–water partition coefficient (Wildman–Crippen LogP) is 7.26. The number of hydrogen-bond donors (Lipinski definition) is 1. The highest BCUT2D eigenvalue weighted by atomic mass is 32.1. The molecule has 0 bridgehead atoms. The maximum Gasteiger partial charge on any atom is 0.328 e. The fraction of sp³-hybridized carbons (Fsp3) is 0.167. The van der Waals surface area contributed by atoms with Gasteiger partial charge in [0.15, 0.2) is 5.78 Å². The SMILES string of the molecule is COC(=O)[C@H](Cc1ccc(OCCN(Cc2cccs2)c2ccccc2)cc1)Nc1ccccc1C(=O)c1ccccc1. The van der Waals surface area contributed by atoms with E-state index in [9.17, 15) is 9.59 Å². The molecular weight excluding hydrogens is 556 g/mol. The fourth-order valence-electron chi connectivity index (χ4n) is 4.84. The Balaban J connectivity index is 1.22. The van der Waals surface area contributed by atoms with Gasteiger partial charge in [0.1, 0.15) is 18.4 Å². The molecule has 5 aromatic rings. The van der Waals surface area contributed by atoms with Crippen molar-refractivity contribution in [3.05, 3.63) is 148 Å². The smallest absolute Gasteiger partial charge is 0.328 e. The molecule has 0 aliphatic heterocycles. The standard InChI is InChI=1S/C36H34N2O4S/c1-41-36(40)34(37-33-17-9-8-16-32(33)35(39)28-11-4-2-5-12-28)25-27-18-20-30(21-19-27)42-23-22-38(26-31-15-10-24-43-31)29-13-6-3-7-14-29/h2-21,24,34,37H,22-23,25-26H2,1H3/t34-/m0/s1. The molecule has 0 spiro atoms. The molecule has 0 amide bonds. The monoisotopic (exact) mass is 590 g/mol. The Bertz CT molecular complexity index is 1590. The number of nitrogens with one attached hydrogen (secondary N) is 1. The van der Waals surface area contributed by atoms with Gasteiger partial charge in [0.2, 0.25) is 0 Å². The van der Waals surface area contributed by atoms with Crippen LogP contribution in [0.4, 0.5) is 11.4 Å². The zero-order valence-corrected chi connectivity index (χ0v) is 24.8. The predicted molar refractivity (Wildman–Crippen MR) is 173 cm³/mol. The van der Waals surface area contributed by atoms with E-state index in [2.05, 4.69) is 39.9 Å². The van der Waals surface area contributed by atoms with E-state index in [4.69, 9.17) is 9.47 Å². The first-order chi connectivity index (χ1) is 21.1. The molecule has 0 aliphatic rings. The number of ether oxygens (including phenoxy) is 2. The highest BCUT2D eigenvalue weighted by Gasteiger charge is 2.22. The molecule has 0 radical (unpaired) electrons. The normalized spacial score (nSPS) is 11.4. The molecule has 218 valence electrons. The molecule has 0 unspecified atom stereocenters. The van der Waals surface area contributed by atoms with Gasteiger partial charge < -0.3 is 19.7 Å². The molecule has 0 saturated carbocycles. The van der Waals surface area contributed by atoms with Crippen LogP contribution in [-0.4, -0.2) is 38.1 Å². The molecular formula is C36H34N2O4S. The van der Waals surface area contributed by atoms with E-state index >= 15 is 0 Å². The largest absolute Gasteiger partial charge is 0.492 e. The zero-order valence-electron chi connectivity index (χ0n) is 24.0. The number of para-hydroxylation sites is 2. The van der Waals surface area contributed by atoms with E-state index in [1.165, 1.54) is 12.0 Å². The maximum atomic E-state index is 13.2. The fourth-order valence-corrected chi connectivity index (χ4v) is 5.55. The van der Waals surface area contributed by atoms with Crippen LogP contribution in [0.1, 0.15) is 26.4 Å². The van der Waals surface area contributed by atoms with Crippen LogP contribution < -0.4 is 15.0 Å². The van der Waals surface area contributed by atoms with Crippen LogP contribution in [0.5, 0.6) is 5.75 Å². The number of hydrogen-bond acceptors (Lipinski definition) is 7. The molecule has 0 aliphatic carbocycles. The average molecular weight is 591 g/mol. The molecule has 7 heteroatoms. The number of carbonyl (C=O) groups excluding carboxylic acids is 2. The van der Waals surface area contributed by atoms with Crippen LogP contribution >= 0.6 is 11.3 Å². The molecule has 0 saturated heterocycles. The summed E-state index contributed by atoms with van der Waals surface area (Å²) >= 11 is 1.75. The second-order valence-electron chi connectivity index (χ2n) is 9.99. The average Bonchev–Trinajstić information content (AvgIpc) is 3.58. The first kappa shape index (κ1) is 29.6. The van der Waals surface area contributed by atoms with E-state index in [-0.39, 0.29) is 5.78 Å². The lowest BCUT2D eigenvalue weighted by molar-refractivity contribution is -0.141. The molecule has 1 atom stereocenters. The third kappa shape index (κ3) is 8.11. The number of rotatable bonds is 14. The Kier molecular flexibility index (Phi) is 10.2. The minimum absolute atomic E-state index is 0.116. The highest BCUT2D eigenvalue weighted by Crippen LogP contribution is 2.23. The summed E-state index contributed by atoms with van der Waals surface area (Å²) < 4.78 is 11.2. The lowest BCUT2D eigenvalue weighted by Gasteiger charge is -2.24. The van der Waals surface area contributed by atoms with Crippen LogP contribution in [0.2, 0.25) is 0 Å². The number of thiophene rings is 1. The number of anilines is 2. The van der Waals surface area contributed by atoms with Crippen LogP contribution in [0, 0.1) is 0 Å². The second-order valence-corrected chi connectivity index (χ2v) is 11.0. The summed E-state index contributed by atoms with van der Waals surface area (Å²) in [5.74, 6) is 0.235. The third-order valence-electron chi connectivity index (χ3n) is 7.06. The summed E-state index contributed by atoms with van der Waals surface area (Å²) in [6.07, 6.45) is 0.378. The third-order valence-corrected chi connectivity index (χ3v) is 7.93. The number of benzene rings is 4. The van der Waals surface area contributed by atoms with Crippen molar-refractivity contribution < 1.29 is 19.1 Å². The molecule has 0 fully saturated rings. The lowest BCUT2D eigenvalue weighted by Crippen LogP contribution is -2.33. The van der Waals surface area contributed by atoms with Crippen LogP contribution in [0.3, 0.4) is 0 Å². The molecule has 4 aromatic carbocycles. The van der Waals surface area contributed by atoms with Crippen molar-refractivity contribution in [2.45, 2.75) is 19.0 Å². The topological polar surface area (TPSA) is 67.9 Å². The summed E-state index contributed by atoms with van der Waals surface area (Å²) in [7, 11) is 1.37. The highest BCUT2D eigenvalue weighted by molar-refractivity contribution is 7.09. The van der Waals surface area contributed by atoms with E-state index in [1.807, 2.05) is 72.8 Å². The lowest BCUT2D eigenvalue weighted by atomic mass is 10.00. The Morgan fingerprint density at radius 3 is 2.21 bits per heavy atom. The van der Waals surface area contributed by atoms with Crippen molar-refractivity contribution in [2.75, 3.05) is 30.5 Å². The molecule has 1 aromatic heterocycles. The molecule has 6 nitrogen and oxygen atoms in total. The van der Waals surface area contributed by atoms with Gasteiger partial charge in [0.25, 0.3) is 0 Å². The summed E-state index contributed by atoms with van der Waals surface area (Å²) in [5.41, 5.74) is 3.75. The Hall–Kier alpha value is -4.88. The van der Waals surface area contributed by atoms with Gasteiger partial charge in [-0.3, -0.25) is 4.79 Å². The van der Waals surface area contributed by atoms with Gasteiger partial charge in [0.05, 0.1) is 20.2 Å². The second kappa shape index (κ2) is 14.8. The summed E-state index contributed by atoms with van der Waals surface area (Å²) in [6, 6.07) is 37.9. The molecule has 1 N–H and O–H groups in total. The van der Waals surface area contributed by atoms with Gasteiger partial charge in [-0.15, -0.1) is 11.3 Å². The molecule has 5 rings (SSSR count). The number of ketones is 1. The first-order valence-electron chi connectivity index (χ1n) is 14.2. The Morgan fingerprint density at radius 2 is 1.51 bits per heavy atom. The summed E-state index contributed by atoms with van der Waals surface area (Å²) in [6.45, 7) is 2.09. The minimum Gasteiger partial charge on any atom is -0.492 e. The van der Waals surface area contributed by atoms with Crippen molar-refractivity contribution in [3.8, 4) is 5.75 Å². The van der Waals surface area contributed by atoms with Gasteiger partial charge in [-0.25, -0.2) is 4.79 Å². The van der Waals surface area contributed by atoms with E-state index in [1.54, 1.807) is 35.6 Å². The number of nitrogens with zero attached hydrogens (tertiary/aromatic N) is 1. The summed E-state index contributed by atoms with van der Waals surface area (Å²) in [5, 5.41) is 5.36. The Labute approximate surface area is 256 Å². The minimum atomic E-state index is -0.682. The number of esters is 1. The van der Waals surface area contributed by atoms with Gasteiger partial charge in [-0.05, 0) is 53.4 Å². The van der Waals surface area contributed by atoms with Crippen molar-refractivity contribution >= 4 is 34.5 Å². The van der Waals surface area contributed by atoms with Crippen LogP contribution in [-0.2, 0) is 22.5 Å². The number of carbonyl (C=O) groups is 2. The quantitative estimate of drug-likeness (QED) is 0.108. The van der Waals surface area contributed by atoms with Gasteiger partial charge in [-0.2, -0.15) is 0 Å². The van der Waals surface area contributed by atoms with Gasteiger partial charge in [-0.1, -0.05) is 78.9 Å². The molecule has 43 heavy (non-hydrogen) atoms. The number of methoxy groups -OCH3 is 1. The molecule has 1 heterocycles. The van der Waals surface area contributed by atoms with E-state index in [0.717, 1.165) is 30.1 Å². The van der Waals surface area contributed by atoms with Crippen LogP contribution in [0.15, 0.2) is 127 Å². The van der Waals surface area contributed by atoms with Gasteiger partial charge in [0, 0.05) is 33.8 Å². The van der Waals surface area contributed by atoms with Crippen LogP contribution in [0.25, 0.3) is 0 Å². The van der Waals surface area contributed by atoms with Crippen molar-refractivity contribution in [2.24, 2.45) is 0 Å². The van der Waals surface area contributed by atoms with Crippen molar-refractivity contribution in [1.82, 2.24) is 0 Å². The first-order valence-corrected chi connectivity index (χ1v) is 15.1. The van der Waals surface area contributed by atoms with Gasteiger partial charge >= 0.3 is 5.97 Å². The zero-order chi connectivity index (χ0) is 29.9. The van der Waals surface area contributed by atoms with Crippen molar-refractivity contribution in [1.29, 1.82) is 0 Å².